The molecule has 0 aliphatic heterocycles. The highest BCUT2D eigenvalue weighted by Crippen LogP contribution is 2.16. The average Bonchev–Trinajstić information content (AvgIpc) is 2.82. The molecule has 0 spiro atoms. The van der Waals surface area contributed by atoms with E-state index in [1.54, 1.807) is 0 Å². The smallest absolute Gasteiger partial charge is 0.0299 e. The van der Waals surface area contributed by atoms with Gasteiger partial charge < -0.3 is 10.2 Å². The molecule has 1 N–H and O–H groups in total. The molecular formula is C14H26N2S. The predicted octanol–water partition coefficient (Wildman–Crippen LogP) is 3.13. The molecule has 0 atom stereocenters. The topological polar surface area (TPSA) is 15.3 Å². The second-order valence-corrected chi connectivity index (χ2v) is 5.53. The fraction of sp³-hybridized carbons (Fsp3) is 0.714. The van der Waals surface area contributed by atoms with Crippen molar-refractivity contribution >= 4 is 11.3 Å². The molecule has 0 amide bonds. The van der Waals surface area contributed by atoms with Crippen LogP contribution in [0.15, 0.2) is 12.1 Å². The molecule has 98 valence electrons. The standard InChI is InChI=1S/C14H26N2S/c1-4-13-8-9-14(17-13)12-15-10-7-11-16(5-2)6-3/h8-9,15H,4-7,10-12H2,1-3H3. The highest BCUT2D eigenvalue weighted by atomic mass is 32.1. The third kappa shape index (κ3) is 5.66. The molecule has 0 fully saturated rings. The quantitative estimate of drug-likeness (QED) is 0.681. The summed E-state index contributed by atoms with van der Waals surface area (Å²) >= 11 is 1.93. The Balaban J connectivity index is 2.07. The van der Waals surface area contributed by atoms with Crippen LogP contribution in [0.4, 0.5) is 0 Å². The summed E-state index contributed by atoms with van der Waals surface area (Å²) < 4.78 is 0. The summed E-state index contributed by atoms with van der Waals surface area (Å²) in [5, 5.41) is 3.53. The fourth-order valence-corrected chi connectivity index (χ4v) is 2.81. The number of nitrogens with one attached hydrogen (secondary N) is 1. The maximum Gasteiger partial charge on any atom is 0.0299 e. The Hall–Kier alpha value is -0.380. The number of hydrogen-bond donors (Lipinski definition) is 1. The van der Waals surface area contributed by atoms with Crippen LogP contribution in [0.1, 0.15) is 36.9 Å². The van der Waals surface area contributed by atoms with Crippen molar-refractivity contribution < 1.29 is 0 Å². The van der Waals surface area contributed by atoms with Crippen molar-refractivity contribution in [3.63, 3.8) is 0 Å². The number of nitrogens with zero attached hydrogens (tertiary/aromatic N) is 1. The van der Waals surface area contributed by atoms with Crippen LogP contribution >= 0.6 is 11.3 Å². The van der Waals surface area contributed by atoms with E-state index in [-0.39, 0.29) is 0 Å². The Labute approximate surface area is 110 Å². The van der Waals surface area contributed by atoms with Crippen molar-refractivity contribution in [2.75, 3.05) is 26.2 Å². The predicted molar refractivity (Wildman–Crippen MR) is 77.8 cm³/mol. The van der Waals surface area contributed by atoms with Crippen LogP contribution in [0.3, 0.4) is 0 Å². The summed E-state index contributed by atoms with van der Waals surface area (Å²) in [6, 6.07) is 4.50. The lowest BCUT2D eigenvalue weighted by molar-refractivity contribution is 0.298. The van der Waals surface area contributed by atoms with Gasteiger partial charge in [0, 0.05) is 16.3 Å². The summed E-state index contributed by atoms with van der Waals surface area (Å²) in [6.07, 6.45) is 2.40. The Kier molecular flexibility index (Phi) is 7.49. The molecule has 0 aliphatic carbocycles. The van der Waals surface area contributed by atoms with E-state index in [9.17, 15) is 0 Å². The van der Waals surface area contributed by atoms with Gasteiger partial charge >= 0.3 is 0 Å². The lowest BCUT2D eigenvalue weighted by Gasteiger charge is -2.17. The van der Waals surface area contributed by atoms with E-state index < -0.39 is 0 Å². The first-order chi connectivity index (χ1) is 8.30. The number of aryl methyl sites for hydroxylation is 1. The highest BCUT2D eigenvalue weighted by Gasteiger charge is 1.99. The Bertz CT molecular complexity index is 292. The van der Waals surface area contributed by atoms with Crippen LogP contribution in [0, 0.1) is 0 Å². The summed E-state index contributed by atoms with van der Waals surface area (Å²) in [6.45, 7) is 12.4. The first-order valence-corrected chi connectivity index (χ1v) is 7.62. The molecule has 17 heavy (non-hydrogen) atoms. The van der Waals surface area contributed by atoms with Gasteiger partial charge in [-0.15, -0.1) is 11.3 Å². The first-order valence-electron chi connectivity index (χ1n) is 6.80. The van der Waals surface area contributed by atoms with Gasteiger partial charge in [0.15, 0.2) is 0 Å². The monoisotopic (exact) mass is 254 g/mol. The molecule has 0 saturated carbocycles. The zero-order chi connectivity index (χ0) is 12.5. The van der Waals surface area contributed by atoms with Gasteiger partial charge in [0.25, 0.3) is 0 Å². The lowest BCUT2D eigenvalue weighted by Crippen LogP contribution is -2.27. The maximum absolute atomic E-state index is 3.53. The summed E-state index contributed by atoms with van der Waals surface area (Å²) in [5.74, 6) is 0. The van der Waals surface area contributed by atoms with Gasteiger partial charge in [-0.3, -0.25) is 0 Å². The van der Waals surface area contributed by atoms with E-state index in [1.165, 1.54) is 35.8 Å². The molecule has 1 heterocycles. The van der Waals surface area contributed by atoms with Crippen molar-refractivity contribution in [2.45, 2.75) is 40.2 Å². The van der Waals surface area contributed by atoms with E-state index in [1.807, 2.05) is 11.3 Å². The number of thiophene rings is 1. The van der Waals surface area contributed by atoms with E-state index in [0.29, 0.717) is 0 Å². The minimum Gasteiger partial charge on any atom is -0.312 e. The largest absolute Gasteiger partial charge is 0.312 e. The molecule has 1 rings (SSSR count). The minimum atomic E-state index is 1.03. The minimum absolute atomic E-state index is 1.03. The normalized spacial score (nSPS) is 11.3. The van der Waals surface area contributed by atoms with Crippen LogP contribution in [-0.4, -0.2) is 31.1 Å². The van der Waals surface area contributed by atoms with Crippen molar-refractivity contribution in [1.29, 1.82) is 0 Å². The number of rotatable bonds is 9. The van der Waals surface area contributed by atoms with Crippen molar-refractivity contribution in [3.8, 4) is 0 Å². The van der Waals surface area contributed by atoms with Crippen molar-refractivity contribution in [2.24, 2.45) is 0 Å². The third-order valence-corrected chi connectivity index (χ3v) is 4.32. The van der Waals surface area contributed by atoms with Crippen LogP contribution < -0.4 is 5.32 Å². The average molecular weight is 254 g/mol. The zero-order valence-corrected chi connectivity index (χ0v) is 12.3. The second kappa shape index (κ2) is 8.67. The van der Waals surface area contributed by atoms with Crippen LogP contribution in [0.2, 0.25) is 0 Å². The maximum atomic E-state index is 3.53. The van der Waals surface area contributed by atoms with E-state index in [4.69, 9.17) is 0 Å². The van der Waals surface area contributed by atoms with Crippen molar-refractivity contribution in [1.82, 2.24) is 10.2 Å². The Morgan fingerprint density at radius 3 is 2.41 bits per heavy atom. The molecule has 1 aromatic rings. The van der Waals surface area contributed by atoms with Gasteiger partial charge in [-0.1, -0.05) is 20.8 Å². The Morgan fingerprint density at radius 1 is 1.12 bits per heavy atom. The molecule has 0 saturated heterocycles. The molecule has 0 radical (unpaired) electrons. The lowest BCUT2D eigenvalue weighted by atomic mass is 10.3. The molecule has 0 bridgehead atoms. The summed E-state index contributed by atoms with van der Waals surface area (Å²) in [4.78, 5) is 5.43. The van der Waals surface area contributed by atoms with E-state index in [2.05, 4.69) is 43.1 Å². The zero-order valence-electron chi connectivity index (χ0n) is 11.5. The fourth-order valence-electron chi connectivity index (χ4n) is 1.89. The first kappa shape index (κ1) is 14.7. The van der Waals surface area contributed by atoms with Crippen molar-refractivity contribution in [3.05, 3.63) is 21.9 Å². The summed E-state index contributed by atoms with van der Waals surface area (Å²) in [7, 11) is 0. The van der Waals surface area contributed by atoms with Gasteiger partial charge in [0.05, 0.1) is 0 Å². The molecule has 1 aromatic heterocycles. The van der Waals surface area contributed by atoms with E-state index >= 15 is 0 Å². The van der Waals surface area contributed by atoms with Crippen LogP contribution in [0.5, 0.6) is 0 Å². The molecule has 3 heteroatoms. The van der Waals surface area contributed by atoms with Crippen LogP contribution in [0.25, 0.3) is 0 Å². The Morgan fingerprint density at radius 2 is 1.82 bits per heavy atom. The molecule has 0 aliphatic rings. The molecule has 2 nitrogen and oxygen atoms in total. The van der Waals surface area contributed by atoms with Gasteiger partial charge in [0.1, 0.15) is 0 Å². The molecular weight excluding hydrogens is 228 g/mol. The van der Waals surface area contributed by atoms with Crippen LogP contribution in [-0.2, 0) is 13.0 Å². The van der Waals surface area contributed by atoms with Gasteiger partial charge in [-0.25, -0.2) is 0 Å². The van der Waals surface area contributed by atoms with E-state index in [0.717, 1.165) is 19.5 Å². The molecule has 0 unspecified atom stereocenters. The second-order valence-electron chi connectivity index (χ2n) is 4.28. The number of hydrogen-bond acceptors (Lipinski definition) is 3. The SMILES string of the molecule is CCc1ccc(CNCCCN(CC)CC)s1. The van der Waals surface area contributed by atoms with Gasteiger partial charge in [-0.05, 0) is 51.2 Å². The molecule has 0 aromatic carbocycles. The van der Waals surface area contributed by atoms with Gasteiger partial charge in [0.2, 0.25) is 0 Å². The third-order valence-electron chi connectivity index (χ3n) is 3.09. The summed E-state index contributed by atoms with van der Waals surface area (Å²) in [5.41, 5.74) is 0. The highest BCUT2D eigenvalue weighted by molar-refractivity contribution is 7.11. The van der Waals surface area contributed by atoms with Gasteiger partial charge in [-0.2, -0.15) is 0 Å².